The predicted octanol–water partition coefficient (Wildman–Crippen LogP) is 3.96. The van der Waals surface area contributed by atoms with E-state index in [4.69, 9.17) is 9.05 Å². The lowest BCUT2D eigenvalue weighted by atomic mass is 10.3. The van der Waals surface area contributed by atoms with Crippen molar-refractivity contribution in [3.63, 3.8) is 0 Å². The number of aromatic nitrogens is 2. The highest BCUT2D eigenvalue weighted by Crippen LogP contribution is 2.48. The summed E-state index contributed by atoms with van der Waals surface area (Å²) in [7, 11) is -3.36. The van der Waals surface area contributed by atoms with Gasteiger partial charge in [-0.05, 0) is 24.3 Å². The van der Waals surface area contributed by atoms with Crippen molar-refractivity contribution >= 4 is 7.60 Å². The average molecular weight is 343 g/mol. The van der Waals surface area contributed by atoms with E-state index in [1.165, 1.54) is 0 Å². The predicted molar refractivity (Wildman–Crippen MR) is 92.3 cm³/mol. The van der Waals surface area contributed by atoms with Crippen LogP contribution in [0.4, 0.5) is 0 Å². The van der Waals surface area contributed by atoms with Crippen LogP contribution in [0.2, 0.25) is 0 Å². The van der Waals surface area contributed by atoms with Gasteiger partial charge in [0.2, 0.25) is 0 Å². The molecule has 3 aromatic rings. The number of rotatable bonds is 7. The molecule has 0 aliphatic rings. The molecule has 0 amide bonds. The molecule has 0 aliphatic carbocycles. The molecule has 0 fully saturated rings. The minimum atomic E-state index is -3.36. The Morgan fingerprint density at radius 2 is 1.50 bits per heavy atom. The molecule has 0 saturated carbocycles. The van der Waals surface area contributed by atoms with Gasteiger partial charge in [0.1, 0.15) is 36.6 Å². The van der Waals surface area contributed by atoms with Gasteiger partial charge in [-0.25, -0.2) is 14.1 Å². The first-order valence-electron chi connectivity index (χ1n) is 7.76. The Balaban J connectivity index is 1.79. The average Bonchev–Trinajstić information content (AvgIpc) is 3.00. The largest absolute Gasteiger partial charge is 0.434 e. The first-order chi connectivity index (χ1) is 11.6. The molecule has 0 radical (unpaired) electrons. The van der Waals surface area contributed by atoms with Gasteiger partial charge in [0.15, 0.2) is 0 Å². The molecule has 0 saturated heterocycles. The fourth-order valence-electron chi connectivity index (χ4n) is 2.31. The molecule has 124 valence electrons. The summed E-state index contributed by atoms with van der Waals surface area (Å²) in [5.41, 5.74) is 0. The maximum Gasteiger partial charge on any atom is 0.434 e. The Kier molecular flexibility index (Phi) is 5.02. The number of nitrogens with one attached hydrogen (secondary N) is 1. The molecule has 0 aliphatic heterocycles. The van der Waals surface area contributed by atoms with Crippen molar-refractivity contribution in [2.24, 2.45) is 0 Å². The van der Waals surface area contributed by atoms with Crippen LogP contribution >= 0.6 is 7.60 Å². The lowest BCUT2D eigenvalue weighted by Gasteiger charge is -2.19. The molecule has 2 aromatic carbocycles. The summed E-state index contributed by atoms with van der Waals surface area (Å²) in [6, 6.07) is 18.2. The molecule has 1 aromatic heterocycles. The van der Waals surface area contributed by atoms with Crippen LogP contribution in [0.15, 0.2) is 73.1 Å². The molecule has 0 atom stereocenters. The van der Waals surface area contributed by atoms with Gasteiger partial charge in [-0.3, -0.25) is 0 Å². The third kappa shape index (κ3) is 4.27. The molecule has 1 N–H and O–H groups in total. The Morgan fingerprint density at radius 1 is 0.958 bits per heavy atom. The van der Waals surface area contributed by atoms with E-state index in [1.54, 1.807) is 24.3 Å². The van der Waals surface area contributed by atoms with E-state index in [-0.39, 0.29) is 6.16 Å². The summed E-state index contributed by atoms with van der Waals surface area (Å²) in [6.07, 6.45) is 4.02. The second kappa shape index (κ2) is 7.37. The van der Waals surface area contributed by atoms with E-state index >= 15 is 0 Å². The highest BCUT2D eigenvalue weighted by Gasteiger charge is 2.29. The van der Waals surface area contributed by atoms with Crippen molar-refractivity contribution in [2.45, 2.75) is 13.5 Å². The van der Waals surface area contributed by atoms with Gasteiger partial charge in [-0.1, -0.05) is 36.4 Å². The summed E-state index contributed by atoms with van der Waals surface area (Å²) < 4.78 is 26.8. The molecular weight excluding hydrogens is 323 g/mol. The summed E-state index contributed by atoms with van der Waals surface area (Å²) in [6.45, 7) is 2.49. The molecule has 0 unspecified atom stereocenters. The summed E-state index contributed by atoms with van der Waals surface area (Å²) in [5.74, 6) is 2.06. The number of H-pyrrole nitrogens is 1. The van der Waals surface area contributed by atoms with Crippen molar-refractivity contribution in [1.29, 1.82) is 0 Å². The van der Waals surface area contributed by atoms with E-state index in [0.29, 0.717) is 18.0 Å². The van der Waals surface area contributed by atoms with Crippen LogP contribution in [0, 0.1) is 6.92 Å². The fourth-order valence-corrected chi connectivity index (χ4v) is 3.87. The smallest absolute Gasteiger partial charge is 0.416 e. The number of hydrogen-bond donors (Lipinski definition) is 1. The second-order valence-electron chi connectivity index (χ2n) is 5.38. The molecule has 0 spiro atoms. The molecule has 5 nitrogen and oxygen atoms in total. The van der Waals surface area contributed by atoms with Crippen LogP contribution in [0.1, 0.15) is 5.82 Å². The van der Waals surface area contributed by atoms with Gasteiger partial charge in [0.05, 0.1) is 0 Å². The van der Waals surface area contributed by atoms with Crippen LogP contribution in [-0.2, 0) is 11.1 Å². The highest BCUT2D eigenvalue weighted by atomic mass is 31.2. The number of nitrogens with zero attached hydrogens (tertiary/aromatic N) is 1. The van der Waals surface area contributed by atoms with E-state index in [0.717, 1.165) is 5.82 Å². The van der Waals surface area contributed by atoms with E-state index in [9.17, 15) is 4.57 Å². The third-order valence-electron chi connectivity index (χ3n) is 3.57. The van der Waals surface area contributed by atoms with Crippen LogP contribution in [0.3, 0.4) is 0 Å². The molecule has 0 bridgehead atoms. The number of benzene rings is 2. The van der Waals surface area contributed by atoms with Crippen molar-refractivity contribution in [1.82, 2.24) is 4.98 Å². The third-order valence-corrected chi connectivity index (χ3v) is 5.29. The van der Waals surface area contributed by atoms with E-state index < -0.39 is 7.60 Å². The van der Waals surface area contributed by atoms with Crippen LogP contribution in [-0.4, -0.2) is 11.1 Å². The molecule has 1 heterocycles. The molecule has 3 rings (SSSR count). The Bertz CT molecular complexity index is 773. The lowest BCUT2D eigenvalue weighted by Crippen LogP contribution is -2.36. The van der Waals surface area contributed by atoms with E-state index in [2.05, 4.69) is 4.98 Å². The first kappa shape index (κ1) is 16.3. The van der Waals surface area contributed by atoms with Crippen molar-refractivity contribution in [2.75, 3.05) is 6.16 Å². The summed E-state index contributed by atoms with van der Waals surface area (Å²) >= 11 is 0. The van der Waals surface area contributed by atoms with Crippen LogP contribution < -0.4 is 13.6 Å². The highest BCUT2D eigenvalue weighted by molar-refractivity contribution is 7.54. The summed E-state index contributed by atoms with van der Waals surface area (Å²) in [4.78, 5) is 3.10. The summed E-state index contributed by atoms with van der Waals surface area (Å²) in [5, 5.41) is 0. The monoisotopic (exact) mass is 343 g/mol. The molecular formula is C18H20N2O3P+. The normalized spacial score (nSPS) is 11.2. The van der Waals surface area contributed by atoms with Crippen LogP contribution in [0.5, 0.6) is 11.5 Å². The lowest BCUT2D eigenvalue weighted by molar-refractivity contribution is -0.697. The fraction of sp³-hybridized carbons (Fsp3) is 0.167. The van der Waals surface area contributed by atoms with Gasteiger partial charge in [0.25, 0.3) is 5.82 Å². The van der Waals surface area contributed by atoms with Crippen molar-refractivity contribution in [3.8, 4) is 11.5 Å². The maximum atomic E-state index is 13.3. The van der Waals surface area contributed by atoms with Gasteiger partial charge in [-0.2, -0.15) is 0 Å². The number of hydrogen-bond acceptors (Lipinski definition) is 3. The van der Waals surface area contributed by atoms with Gasteiger partial charge in [-0.15, -0.1) is 0 Å². The Labute approximate surface area is 141 Å². The number of aromatic amines is 1. The first-order valence-corrected chi connectivity index (χ1v) is 9.49. The van der Waals surface area contributed by atoms with Crippen molar-refractivity contribution in [3.05, 3.63) is 78.9 Å². The minimum absolute atomic E-state index is 0.264. The van der Waals surface area contributed by atoms with Crippen molar-refractivity contribution < 1.29 is 18.2 Å². The number of para-hydroxylation sites is 2. The number of aryl methyl sites for hydroxylation is 2. The van der Waals surface area contributed by atoms with Crippen LogP contribution in [0.25, 0.3) is 0 Å². The Morgan fingerprint density at radius 3 is 1.96 bits per heavy atom. The molecule has 24 heavy (non-hydrogen) atoms. The number of imidazole rings is 1. The Hall–Kier alpha value is -2.52. The van der Waals surface area contributed by atoms with E-state index in [1.807, 2.05) is 60.3 Å². The zero-order valence-corrected chi connectivity index (χ0v) is 14.4. The second-order valence-corrected chi connectivity index (χ2v) is 7.42. The minimum Gasteiger partial charge on any atom is -0.416 e. The SMILES string of the molecule is Cc1[nH]cc[n+]1CCP(=O)(Oc1ccccc1)Oc1ccccc1. The zero-order chi connectivity index (χ0) is 16.8. The van der Waals surface area contributed by atoms with Gasteiger partial charge in [0, 0.05) is 6.92 Å². The standard InChI is InChI=1S/C18H19N2O3P/c1-16-19-12-13-20(16)14-15-24(21,22-17-8-4-2-5-9-17)23-18-10-6-3-7-11-18/h2-13H,14-15H2,1H3/p+1. The maximum absolute atomic E-state index is 13.3. The van der Waals surface area contributed by atoms with Gasteiger partial charge >= 0.3 is 7.60 Å². The zero-order valence-electron chi connectivity index (χ0n) is 13.5. The molecule has 6 heteroatoms. The topological polar surface area (TPSA) is 55.2 Å². The van der Waals surface area contributed by atoms with Gasteiger partial charge < -0.3 is 9.05 Å². The quantitative estimate of drug-likeness (QED) is 0.522.